The third-order valence-corrected chi connectivity index (χ3v) is 4.68. The maximum Gasteiger partial charge on any atom is 0.0915 e. The van der Waals surface area contributed by atoms with Crippen molar-refractivity contribution in [1.82, 2.24) is 10.3 Å². The zero-order valence-electron chi connectivity index (χ0n) is 13.3. The van der Waals surface area contributed by atoms with E-state index in [-0.39, 0.29) is 0 Å². The first-order chi connectivity index (χ1) is 11.8. The molecule has 0 aliphatic heterocycles. The molecular weight excluding hydrogens is 316 g/mol. The van der Waals surface area contributed by atoms with E-state index >= 15 is 0 Å². The van der Waals surface area contributed by atoms with Gasteiger partial charge in [0, 0.05) is 35.3 Å². The fraction of sp³-hybridized carbons (Fsp3) is 0.150. The second kappa shape index (κ2) is 8.64. The van der Waals surface area contributed by atoms with Gasteiger partial charge in [-0.05, 0) is 47.5 Å². The van der Waals surface area contributed by atoms with Gasteiger partial charge in [0.15, 0.2) is 0 Å². The molecule has 1 atom stereocenters. The van der Waals surface area contributed by atoms with E-state index in [9.17, 15) is 5.11 Å². The van der Waals surface area contributed by atoms with Gasteiger partial charge in [-0.15, -0.1) is 0 Å². The van der Waals surface area contributed by atoms with Crippen molar-refractivity contribution in [2.75, 3.05) is 6.54 Å². The van der Waals surface area contributed by atoms with Crippen molar-refractivity contribution in [3.05, 3.63) is 90.3 Å². The van der Waals surface area contributed by atoms with E-state index in [1.165, 1.54) is 15.4 Å². The van der Waals surface area contributed by atoms with E-state index in [1.807, 2.05) is 18.2 Å². The molecule has 0 spiro atoms. The number of aliphatic hydroxyl groups excluding tert-OH is 1. The van der Waals surface area contributed by atoms with Gasteiger partial charge in [-0.1, -0.05) is 42.1 Å². The zero-order chi connectivity index (χ0) is 16.6. The number of benzene rings is 2. The Bertz CT molecular complexity index is 733. The summed E-state index contributed by atoms with van der Waals surface area (Å²) in [5.41, 5.74) is 2.08. The van der Waals surface area contributed by atoms with Crippen LogP contribution >= 0.6 is 11.8 Å². The van der Waals surface area contributed by atoms with Gasteiger partial charge in [0.1, 0.15) is 0 Å². The van der Waals surface area contributed by atoms with Gasteiger partial charge in [-0.3, -0.25) is 4.98 Å². The molecule has 3 aromatic rings. The number of aliphatic hydroxyl groups is 1. The summed E-state index contributed by atoms with van der Waals surface area (Å²) in [6, 6.07) is 22.5. The first-order valence-electron chi connectivity index (χ1n) is 7.92. The summed E-state index contributed by atoms with van der Waals surface area (Å²) in [5, 5.41) is 13.4. The summed E-state index contributed by atoms with van der Waals surface area (Å²) in [7, 11) is 0. The summed E-state index contributed by atoms with van der Waals surface area (Å²) in [5.74, 6) is 0. The lowest BCUT2D eigenvalue weighted by Gasteiger charge is -2.12. The van der Waals surface area contributed by atoms with Crippen LogP contribution in [-0.4, -0.2) is 16.6 Å². The third-order valence-electron chi connectivity index (χ3n) is 3.66. The number of hydrogen-bond acceptors (Lipinski definition) is 4. The number of nitrogens with zero attached hydrogens (tertiary/aromatic N) is 1. The normalized spacial score (nSPS) is 12.0. The quantitative estimate of drug-likeness (QED) is 0.683. The van der Waals surface area contributed by atoms with Crippen molar-refractivity contribution >= 4 is 11.8 Å². The number of nitrogens with one attached hydrogen (secondary N) is 1. The summed E-state index contributed by atoms with van der Waals surface area (Å²) >= 11 is 1.76. The predicted octanol–water partition coefficient (Wildman–Crippen LogP) is 4.06. The minimum absolute atomic E-state index is 0.513. The topological polar surface area (TPSA) is 45.1 Å². The minimum Gasteiger partial charge on any atom is -0.387 e. The van der Waals surface area contributed by atoms with Crippen LogP contribution < -0.4 is 5.32 Å². The second-order valence-electron chi connectivity index (χ2n) is 5.49. The Morgan fingerprint density at radius 2 is 1.54 bits per heavy atom. The van der Waals surface area contributed by atoms with Gasteiger partial charge in [0.2, 0.25) is 0 Å². The first kappa shape index (κ1) is 16.7. The molecule has 24 heavy (non-hydrogen) atoms. The van der Waals surface area contributed by atoms with E-state index in [0.717, 1.165) is 12.1 Å². The van der Waals surface area contributed by atoms with Gasteiger partial charge < -0.3 is 10.4 Å². The molecule has 0 fully saturated rings. The van der Waals surface area contributed by atoms with Crippen molar-refractivity contribution in [3.8, 4) is 0 Å². The second-order valence-corrected chi connectivity index (χ2v) is 6.63. The maximum atomic E-state index is 10.1. The average molecular weight is 336 g/mol. The highest BCUT2D eigenvalue weighted by atomic mass is 32.2. The minimum atomic E-state index is -0.513. The van der Waals surface area contributed by atoms with Crippen molar-refractivity contribution in [2.45, 2.75) is 22.4 Å². The molecule has 0 saturated heterocycles. The molecule has 0 bridgehead atoms. The molecule has 4 heteroatoms. The Kier molecular flexibility index (Phi) is 6.01. The van der Waals surface area contributed by atoms with Gasteiger partial charge in [-0.2, -0.15) is 0 Å². The van der Waals surface area contributed by atoms with Crippen molar-refractivity contribution in [3.63, 3.8) is 0 Å². The molecule has 0 aliphatic carbocycles. The largest absolute Gasteiger partial charge is 0.387 e. The predicted molar refractivity (Wildman–Crippen MR) is 97.9 cm³/mol. The molecule has 3 nitrogen and oxygen atoms in total. The third kappa shape index (κ3) is 4.93. The Balaban J connectivity index is 1.48. The van der Waals surface area contributed by atoms with Crippen LogP contribution in [0.4, 0.5) is 0 Å². The monoisotopic (exact) mass is 336 g/mol. The van der Waals surface area contributed by atoms with Crippen LogP contribution in [0.15, 0.2) is 88.9 Å². The van der Waals surface area contributed by atoms with Crippen molar-refractivity contribution < 1.29 is 5.11 Å². The molecule has 0 radical (unpaired) electrons. The fourth-order valence-electron chi connectivity index (χ4n) is 2.36. The van der Waals surface area contributed by atoms with E-state index in [1.54, 1.807) is 24.2 Å². The summed E-state index contributed by atoms with van der Waals surface area (Å²) in [6.45, 7) is 1.25. The Morgan fingerprint density at radius 3 is 2.25 bits per heavy atom. The van der Waals surface area contributed by atoms with Crippen LogP contribution in [0.25, 0.3) is 0 Å². The zero-order valence-corrected chi connectivity index (χ0v) is 14.1. The van der Waals surface area contributed by atoms with Crippen molar-refractivity contribution in [2.24, 2.45) is 0 Å². The van der Waals surface area contributed by atoms with Gasteiger partial charge in [0.25, 0.3) is 0 Å². The van der Waals surface area contributed by atoms with Crippen LogP contribution in [-0.2, 0) is 6.54 Å². The molecule has 2 aromatic carbocycles. The lowest BCUT2D eigenvalue weighted by atomic mass is 10.1. The highest BCUT2D eigenvalue weighted by Gasteiger charge is 2.06. The standard InChI is InChI=1S/C20H20N2OS/c23-20(17-10-12-21-13-11-17)15-22-14-16-6-8-19(9-7-16)24-18-4-2-1-3-5-18/h1-13,20,22-23H,14-15H2. The smallest absolute Gasteiger partial charge is 0.0915 e. The summed E-state index contributed by atoms with van der Waals surface area (Å²) < 4.78 is 0. The number of rotatable bonds is 7. The van der Waals surface area contributed by atoms with E-state index in [4.69, 9.17) is 0 Å². The van der Waals surface area contributed by atoms with Crippen LogP contribution in [0, 0.1) is 0 Å². The van der Waals surface area contributed by atoms with E-state index < -0.39 is 6.10 Å². The van der Waals surface area contributed by atoms with E-state index in [2.05, 4.69) is 58.8 Å². The molecular formula is C20H20N2OS. The SMILES string of the molecule is OC(CNCc1ccc(Sc2ccccc2)cc1)c1ccncc1. The molecule has 0 aliphatic rings. The summed E-state index contributed by atoms with van der Waals surface area (Å²) in [6.07, 6.45) is 2.88. The first-order valence-corrected chi connectivity index (χ1v) is 8.73. The van der Waals surface area contributed by atoms with Gasteiger partial charge >= 0.3 is 0 Å². The molecule has 2 N–H and O–H groups in total. The van der Waals surface area contributed by atoms with Crippen molar-refractivity contribution in [1.29, 1.82) is 0 Å². The van der Waals surface area contributed by atoms with Gasteiger partial charge in [-0.25, -0.2) is 0 Å². The molecule has 0 amide bonds. The maximum absolute atomic E-state index is 10.1. The highest BCUT2D eigenvalue weighted by Crippen LogP contribution is 2.27. The Labute approximate surface area is 146 Å². The molecule has 1 aromatic heterocycles. The molecule has 122 valence electrons. The number of aromatic nitrogens is 1. The lowest BCUT2D eigenvalue weighted by molar-refractivity contribution is 0.174. The highest BCUT2D eigenvalue weighted by molar-refractivity contribution is 7.99. The fourth-order valence-corrected chi connectivity index (χ4v) is 3.19. The van der Waals surface area contributed by atoms with E-state index in [0.29, 0.717) is 6.54 Å². The van der Waals surface area contributed by atoms with Crippen LogP contribution in [0.2, 0.25) is 0 Å². The Hall–Kier alpha value is -2.14. The Morgan fingerprint density at radius 1 is 0.875 bits per heavy atom. The van der Waals surface area contributed by atoms with Crippen LogP contribution in [0.3, 0.4) is 0 Å². The molecule has 1 unspecified atom stereocenters. The lowest BCUT2D eigenvalue weighted by Crippen LogP contribution is -2.21. The number of hydrogen-bond donors (Lipinski definition) is 2. The van der Waals surface area contributed by atoms with Crippen LogP contribution in [0.1, 0.15) is 17.2 Å². The summed E-state index contributed by atoms with van der Waals surface area (Å²) in [4.78, 5) is 6.42. The van der Waals surface area contributed by atoms with Gasteiger partial charge in [0.05, 0.1) is 6.10 Å². The average Bonchev–Trinajstić information content (AvgIpc) is 2.65. The molecule has 3 rings (SSSR count). The molecule has 0 saturated carbocycles. The van der Waals surface area contributed by atoms with Crippen LogP contribution in [0.5, 0.6) is 0 Å². The molecule has 1 heterocycles. The number of pyridine rings is 1.